The molecule has 19 heavy (non-hydrogen) atoms. The molecule has 0 amide bonds. The molecule has 0 aliphatic rings. The predicted octanol–water partition coefficient (Wildman–Crippen LogP) is 2.62. The first-order valence-electron chi connectivity index (χ1n) is 5.76. The van der Waals surface area contributed by atoms with Crippen molar-refractivity contribution in [3.8, 4) is 0 Å². The molecule has 1 aromatic carbocycles. The van der Waals surface area contributed by atoms with E-state index in [1.807, 2.05) is 24.3 Å². The normalized spacial score (nSPS) is 11.0. The summed E-state index contributed by atoms with van der Waals surface area (Å²) in [4.78, 5) is 23.5. The number of rotatable bonds is 3. The molecule has 0 radical (unpaired) electrons. The Morgan fingerprint density at radius 2 is 2.16 bits per heavy atom. The molecule has 0 aliphatic heterocycles. The highest BCUT2D eigenvalue weighted by atomic mass is 32.1. The van der Waals surface area contributed by atoms with Crippen molar-refractivity contribution in [2.75, 3.05) is 0 Å². The average Bonchev–Trinajstić information content (AvgIpc) is 2.92. The minimum atomic E-state index is -0.982. The standard InChI is InChI=1S/C13H11N3O2S/c1-7-12(13(17)18)16-11(19-7)6-10-14-8-4-2-3-5-9(8)15-10/h2-5H,6H2,1H3,(H,14,15)(H,17,18). The topological polar surface area (TPSA) is 78.9 Å². The summed E-state index contributed by atoms with van der Waals surface area (Å²) in [5.74, 6) is -0.184. The number of fused-ring (bicyclic) bond motifs is 1. The van der Waals surface area contributed by atoms with E-state index in [-0.39, 0.29) is 5.69 Å². The van der Waals surface area contributed by atoms with Gasteiger partial charge in [-0.15, -0.1) is 11.3 Å². The zero-order chi connectivity index (χ0) is 13.4. The quantitative estimate of drug-likeness (QED) is 0.768. The van der Waals surface area contributed by atoms with E-state index >= 15 is 0 Å². The number of aromatic nitrogens is 3. The summed E-state index contributed by atoms with van der Waals surface area (Å²) in [5, 5.41) is 9.74. The highest BCUT2D eigenvalue weighted by Gasteiger charge is 2.15. The molecule has 2 aromatic heterocycles. The lowest BCUT2D eigenvalue weighted by Gasteiger charge is -1.90. The summed E-state index contributed by atoms with van der Waals surface area (Å²) < 4.78 is 0. The number of H-pyrrole nitrogens is 1. The molecule has 0 atom stereocenters. The minimum absolute atomic E-state index is 0.135. The van der Waals surface area contributed by atoms with E-state index in [1.165, 1.54) is 11.3 Å². The van der Waals surface area contributed by atoms with Crippen molar-refractivity contribution in [3.05, 3.63) is 45.7 Å². The Hall–Kier alpha value is -2.21. The van der Waals surface area contributed by atoms with E-state index in [0.717, 1.165) is 26.7 Å². The Morgan fingerprint density at radius 3 is 2.84 bits per heavy atom. The van der Waals surface area contributed by atoms with Gasteiger partial charge < -0.3 is 10.1 Å². The second-order valence-electron chi connectivity index (χ2n) is 4.19. The minimum Gasteiger partial charge on any atom is -0.476 e. The van der Waals surface area contributed by atoms with Crippen LogP contribution in [0.15, 0.2) is 24.3 Å². The number of hydrogen-bond acceptors (Lipinski definition) is 4. The summed E-state index contributed by atoms with van der Waals surface area (Å²) in [6.07, 6.45) is 0.521. The predicted molar refractivity (Wildman–Crippen MR) is 72.7 cm³/mol. The lowest BCUT2D eigenvalue weighted by atomic mass is 10.3. The fourth-order valence-corrected chi connectivity index (χ4v) is 2.89. The Bertz CT molecular complexity index is 727. The maximum absolute atomic E-state index is 10.9. The summed E-state index contributed by atoms with van der Waals surface area (Å²) in [6, 6.07) is 7.77. The van der Waals surface area contributed by atoms with Gasteiger partial charge in [-0.1, -0.05) is 12.1 Å². The Morgan fingerprint density at radius 1 is 1.37 bits per heavy atom. The van der Waals surface area contributed by atoms with Gasteiger partial charge in [0.15, 0.2) is 5.69 Å². The number of aromatic amines is 1. The highest BCUT2D eigenvalue weighted by Crippen LogP contribution is 2.20. The van der Waals surface area contributed by atoms with Crippen molar-refractivity contribution >= 4 is 28.3 Å². The number of benzene rings is 1. The van der Waals surface area contributed by atoms with Crippen molar-refractivity contribution in [2.24, 2.45) is 0 Å². The van der Waals surface area contributed by atoms with Gasteiger partial charge in [0.1, 0.15) is 10.8 Å². The van der Waals surface area contributed by atoms with Crippen LogP contribution in [-0.2, 0) is 6.42 Å². The van der Waals surface area contributed by atoms with E-state index in [9.17, 15) is 4.79 Å². The molecule has 0 spiro atoms. The van der Waals surface area contributed by atoms with Crippen LogP contribution in [0.1, 0.15) is 26.2 Å². The molecule has 3 aromatic rings. The summed E-state index contributed by atoms with van der Waals surface area (Å²) in [6.45, 7) is 1.77. The van der Waals surface area contributed by atoms with Crippen LogP contribution < -0.4 is 0 Å². The van der Waals surface area contributed by atoms with Crippen LogP contribution in [0.25, 0.3) is 11.0 Å². The molecule has 96 valence electrons. The van der Waals surface area contributed by atoms with Gasteiger partial charge in [0.25, 0.3) is 0 Å². The average molecular weight is 273 g/mol. The van der Waals surface area contributed by atoms with Gasteiger partial charge in [0.2, 0.25) is 0 Å². The van der Waals surface area contributed by atoms with Gasteiger partial charge >= 0.3 is 5.97 Å². The van der Waals surface area contributed by atoms with Crippen molar-refractivity contribution in [3.63, 3.8) is 0 Å². The fourth-order valence-electron chi connectivity index (χ4n) is 1.96. The molecule has 0 fully saturated rings. The number of nitrogens with zero attached hydrogens (tertiary/aromatic N) is 2. The Labute approximate surface area is 113 Å². The molecular formula is C13H11N3O2S. The lowest BCUT2D eigenvalue weighted by molar-refractivity contribution is 0.0690. The third-order valence-corrected chi connectivity index (χ3v) is 3.77. The van der Waals surface area contributed by atoms with Crippen molar-refractivity contribution in [1.29, 1.82) is 0 Å². The fraction of sp³-hybridized carbons (Fsp3) is 0.154. The lowest BCUT2D eigenvalue weighted by Crippen LogP contribution is -1.99. The van der Waals surface area contributed by atoms with E-state index in [4.69, 9.17) is 5.11 Å². The van der Waals surface area contributed by atoms with Gasteiger partial charge in [-0.05, 0) is 19.1 Å². The molecule has 0 saturated carbocycles. The summed E-state index contributed by atoms with van der Waals surface area (Å²) >= 11 is 1.40. The molecule has 0 saturated heterocycles. The second kappa shape index (κ2) is 4.47. The van der Waals surface area contributed by atoms with Gasteiger partial charge in [0, 0.05) is 4.88 Å². The van der Waals surface area contributed by atoms with Crippen LogP contribution in [0, 0.1) is 6.92 Å². The van der Waals surface area contributed by atoms with Gasteiger partial charge in [-0.25, -0.2) is 14.8 Å². The monoisotopic (exact) mass is 273 g/mol. The first-order valence-corrected chi connectivity index (χ1v) is 6.58. The molecule has 2 N–H and O–H groups in total. The second-order valence-corrected chi connectivity index (χ2v) is 5.48. The largest absolute Gasteiger partial charge is 0.476 e. The number of para-hydroxylation sites is 2. The molecule has 0 aliphatic carbocycles. The zero-order valence-electron chi connectivity index (χ0n) is 10.2. The number of hydrogen-bond donors (Lipinski definition) is 2. The van der Waals surface area contributed by atoms with Gasteiger partial charge in [-0.2, -0.15) is 0 Å². The van der Waals surface area contributed by atoms with E-state index in [1.54, 1.807) is 6.92 Å². The van der Waals surface area contributed by atoms with Crippen molar-refractivity contribution in [1.82, 2.24) is 15.0 Å². The molecule has 3 rings (SSSR count). The number of imidazole rings is 1. The van der Waals surface area contributed by atoms with Crippen LogP contribution in [0.5, 0.6) is 0 Å². The molecule has 5 nitrogen and oxygen atoms in total. The highest BCUT2D eigenvalue weighted by molar-refractivity contribution is 7.11. The molecular weight excluding hydrogens is 262 g/mol. The Kier molecular flexibility index (Phi) is 2.79. The number of carbonyl (C=O) groups is 1. The van der Waals surface area contributed by atoms with Crippen molar-refractivity contribution in [2.45, 2.75) is 13.3 Å². The third kappa shape index (κ3) is 2.22. The van der Waals surface area contributed by atoms with Crippen LogP contribution >= 0.6 is 11.3 Å². The number of nitrogens with one attached hydrogen (secondary N) is 1. The van der Waals surface area contributed by atoms with E-state index in [0.29, 0.717) is 6.42 Å². The molecule has 0 bridgehead atoms. The van der Waals surface area contributed by atoms with Gasteiger partial charge in [0.05, 0.1) is 17.5 Å². The molecule has 6 heteroatoms. The summed E-state index contributed by atoms with van der Waals surface area (Å²) in [7, 11) is 0. The first kappa shape index (κ1) is 11.9. The maximum Gasteiger partial charge on any atom is 0.355 e. The van der Waals surface area contributed by atoms with E-state index < -0.39 is 5.97 Å². The van der Waals surface area contributed by atoms with Crippen LogP contribution in [-0.4, -0.2) is 26.0 Å². The molecule has 2 heterocycles. The number of aryl methyl sites for hydroxylation is 1. The zero-order valence-corrected chi connectivity index (χ0v) is 11.0. The maximum atomic E-state index is 10.9. The molecule has 0 unspecified atom stereocenters. The number of aromatic carboxylic acids is 1. The van der Waals surface area contributed by atoms with Crippen LogP contribution in [0.2, 0.25) is 0 Å². The van der Waals surface area contributed by atoms with Crippen LogP contribution in [0.4, 0.5) is 0 Å². The smallest absolute Gasteiger partial charge is 0.355 e. The van der Waals surface area contributed by atoms with Crippen LogP contribution in [0.3, 0.4) is 0 Å². The first-order chi connectivity index (χ1) is 9.13. The third-order valence-electron chi connectivity index (χ3n) is 2.80. The number of carboxylic acid groups (broad SMARTS) is 1. The van der Waals surface area contributed by atoms with Gasteiger partial charge in [-0.3, -0.25) is 0 Å². The van der Waals surface area contributed by atoms with Crippen molar-refractivity contribution < 1.29 is 9.90 Å². The Balaban J connectivity index is 1.92. The van der Waals surface area contributed by atoms with E-state index in [2.05, 4.69) is 15.0 Å². The number of thiazole rings is 1. The summed E-state index contributed by atoms with van der Waals surface area (Å²) in [5.41, 5.74) is 2.02. The SMILES string of the molecule is Cc1sc(Cc2nc3ccccc3[nH]2)nc1C(=O)O. The number of carboxylic acids is 1.